The molecule has 2 atom stereocenters. The molecule has 1 N–H and O–H groups in total. The molecule has 2 unspecified atom stereocenters. The Bertz CT molecular complexity index is 683. The first-order chi connectivity index (χ1) is 12.5. The molecule has 0 aliphatic carbocycles. The van der Waals surface area contributed by atoms with Gasteiger partial charge in [-0.3, -0.25) is 9.69 Å². The minimum absolute atomic E-state index is 0.0428. The van der Waals surface area contributed by atoms with Gasteiger partial charge in [-0.15, -0.1) is 6.58 Å². The van der Waals surface area contributed by atoms with Gasteiger partial charge in [-0.05, 0) is 37.0 Å². The molecule has 0 saturated carbocycles. The van der Waals surface area contributed by atoms with Gasteiger partial charge in [-0.25, -0.2) is 4.79 Å². The number of hydrogen-bond donors (Lipinski definition) is 1. The maximum absolute atomic E-state index is 12.3. The van der Waals surface area contributed by atoms with Crippen LogP contribution >= 0.6 is 0 Å². The fourth-order valence-electron chi connectivity index (χ4n) is 3.42. The van der Waals surface area contributed by atoms with Crippen LogP contribution < -0.4 is 9.47 Å². The summed E-state index contributed by atoms with van der Waals surface area (Å²) in [6.07, 6.45) is 3.09. The van der Waals surface area contributed by atoms with Gasteiger partial charge in [0.15, 0.2) is 11.5 Å². The molecule has 0 bridgehead atoms. The van der Waals surface area contributed by atoms with Crippen molar-refractivity contribution in [3.63, 3.8) is 0 Å². The van der Waals surface area contributed by atoms with Crippen LogP contribution in [0.1, 0.15) is 18.4 Å². The predicted molar refractivity (Wildman–Crippen MR) is 95.2 cm³/mol. The molecular formula is C19H24N2O5. The number of hydrogen-bond acceptors (Lipinski definition) is 5. The Hall–Kier alpha value is -2.54. The molecule has 140 valence electrons. The highest BCUT2D eigenvalue weighted by Crippen LogP contribution is 2.29. The number of carbonyl (C=O) groups is 2. The van der Waals surface area contributed by atoms with E-state index in [0.717, 1.165) is 23.3 Å². The van der Waals surface area contributed by atoms with Crippen molar-refractivity contribution in [2.24, 2.45) is 0 Å². The van der Waals surface area contributed by atoms with Crippen molar-refractivity contribution in [3.8, 4) is 11.5 Å². The second kappa shape index (κ2) is 7.78. The Morgan fingerprint density at radius 3 is 2.88 bits per heavy atom. The number of rotatable bonds is 8. The molecule has 2 aliphatic rings. The summed E-state index contributed by atoms with van der Waals surface area (Å²) in [6, 6.07) is 4.85. The Balaban J connectivity index is 1.57. The van der Waals surface area contributed by atoms with Crippen molar-refractivity contribution >= 4 is 11.9 Å². The monoisotopic (exact) mass is 360 g/mol. The second-order valence-electron chi connectivity index (χ2n) is 6.53. The van der Waals surface area contributed by atoms with Gasteiger partial charge >= 0.3 is 6.03 Å². The van der Waals surface area contributed by atoms with E-state index in [0.29, 0.717) is 24.5 Å². The molecule has 26 heavy (non-hydrogen) atoms. The van der Waals surface area contributed by atoms with Gasteiger partial charge in [0.25, 0.3) is 5.91 Å². The molecule has 7 heteroatoms. The van der Waals surface area contributed by atoms with Crippen LogP contribution in [0.2, 0.25) is 0 Å². The largest absolute Gasteiger partial charge is 0.493 e. The highest BCUT2D eigenvalue weighted by atomic mass is 16.5. The summed E-state index contributed by atoms with van der Waals surface area (Å²) in [5, 5.41) is 10.2. The van der Waals surface area contributed by atoms with Crippen LogP contribution in [0.5, 0.6) is 11.5 Å². The lowest BCUT2D eigenvalue weighted by atomic mass is 10.1. The van der Waals surface area contributed by atoms with Gasteiger partial charge in [0.05, 0.1) is 13.7 Å². The number of amides is 3. The van der Waals surface area contributed by atoms with Crippen molar-refractivity contribution in [2.75, 3.05) is 26.8 Å². The number of urea groups is 1. The molecule has 7 nitrogen and oxygen atoms in total. The van der Waals surface area contributed by atoms with E-state index >= 15 is 0 Å². The molecule has 2 aliphatic heterocycles. The SMILES string of the molecule is C=CCc1ccc(OCC(O)CN2C(=O)C3CCCN3C2=O)c(OC)c1. The lowest BCUT2D eigenvalue weighted by Gasteiger charge is -2.20. The molecule has 0 spiro atoms. The lowest BCUT2D eigenvalue weighted by Crippen LogP contribution is -2.41. The minimum atomic E-state index is -0.972. The summed E-state index contributed by atoms with van der Waals surface area (Å²) < 4.78 is 11.0. The van der Waals surface area contributed by atoms with Gasteiger partial charge in [0, 0.05) is 6.54 Å². The number of allylic oxidation sites excluding steroid dienone is 1. The first kappa shape index (κ1) is 18.3. The number of methoxy groups -OCH3 is 1. The summed E-state index contributed by atoms with van der Waals surface area (Å²) >= 11 is 0. The van der Waals surface area contributed by atoms with E-state index in [9.17, 15) is 14.7 Å². The Morgan fingerprint density at radius 1 is 1.38 bits per heavy atom. The average molecular weight is 360 g/mol. The molecule has 3 amide bonds. The summed E-state index contributed by atoms with van der Waals surface area (Å²) in [6.45, 7) is 4.20. The van der Waals surface area contributed by atoms with E-state index in [1.54, 1.807) is 24.2 Å². The van der Waals surface area contributed by atoms with E-state index < -0.39 is 6.10 Å². The molecular weight excluding hydrogens is 336 g/mol. The van der Waals surface area contributed by atoms with Gasteiger partial charge in [-0.2, -0.15) is 0 Å². The number of benzene rings is 1. The van der Waals surface area contributed by atoms with E-state index in [-0.39, 0.29) is 31.1 Å². The first-order valence-corrected chi connectivity index (χ1v) is 8.75. The summed E-state index contributed by atoms with van der Waals surface area (Å²) in [5.74, 6) is 0.836. The molecule has 0 aromatic heterocycles. The van der Waals surface area contributed by atoms with E-state index in [2.05, 4.69) is 6.58 Å². The molecule has 3 rings (SSSR count). The van der Waals surface area contributed by atoms with E-state index in [1.165, 1.54) is 0 Å². The van der Waals surface area contributed by atoms with Crippen LogP contribution in [0.4, 0.5) is 4.79 Å². The van der Waals surface area contributed by atoms with Gasteiger partial charge in [-0.1, -0.05) is 12.1 Å². The van der Waals surface area contributed by atoms with Crippen LogP contribution in [-0.4, -0.2) is 65.8 Å². The van der Waals surface area contributed by atoms with Crippen LogP contribution in [0.25, 0.3) is 0 Å². The zero-order valence-electron chi connectivity index (χ0n) is 14.9. The summed E-state index contributed by atoms with van der Waals surface area (Å²) in [4.78, 5) is 27.3. The third-order valence-corrected chi connectivity index (χ3v) is 4.71. The number of aliphatic hydroxyl groups is 1. The third kappa shape index (κ3) is 3.53. The maximum atomic E-state index is 12.3. The number of fused-ring (bicyclic) bond motifs is 1. The smallest absolute Gasteiger partial charge is 0.327 e. The number of ether oxygens (including phenoxy) is 2. The van der Waals surface area contributed by atoms with Crippen molar-refractivity contribution in [1.29, 1.82) is 0 Å². The minimum Gasteiger partial charge on any atom is -0.493 e. The lowest BCUT2D eigenvalue weighted by molar-refractivity contribution is -0.129. The van der Waals surface area contributed by atoms with E-state index in [1.807, 2.05) is 12.1 Å². The second-order valence-corrected chi connectivity index (χ2v) is 6.53. The fraction of sp³-hybridized carbons (Fsp3) is 0.474. The highest BCUT2D eigenvalue weighted by molar-refractivity contribution is 6.04. The first-order valence-electron chi connectivity index (χ1n) is 8.75. The van der Waals surface area contributed by atoms with Gasteiger partial charge in [0.1, 0.15) is 18.8 Å². The zero-order valence-corrected chi connectivity index (χ0v) is 14.9. The fourth-order valence-corrected chi connectivity index (χ4v) is 3.42. The van der Waals surface area contributed by atoms with Crippen molar-refractivity contribution < 1.29 is 24.2 Å². The normalized spacial score (nSPS) is 20.3. The standard InChI is InChI=1S/C19H24N2O5/c1-3-5-13-7-8-16(17(10-13)25-2)26-12-14(22)11-21-18(23)15-6-4-9-20(15)19(21)24/h3,7-8,10,14-15,22H,1,4-6,9,11-12H2,2H3. The van der Waals surface area contributed by atoms with Crippen LogP contribution in [0.15, 0.2) is 30.9 Å². The zero-order chi connectivity index (χ0) is 18.7. The molecule has 2 saturated heterocycles. The number of imide groups is 1. The molecule has 1 aromatic carbocycles. The maximum Gasteiger partial charge on any atom is 0.327 e. The van der Waals surface area contributed by atoms with Crippen molar-refractivity contribution in [2.45, 2.75) is 31.4 Å². The summed E-state index contributed by atoms with van der Waals surface area (Å²) in [5.41, 5.74) is 1.04. The van der Waals surface area contributed by atoms with Crippen LogP contribution in [0, 0.1) is 0 Å². The van der Waals surface area contributed by atoms with E-state index in [4.69, 9.17) is 9.47 Å². The number of aliphatic hydroxyl groups excluding tert-OH is 1. The Labute approximate surface area is 152 Å². The Morgan fingerprint density at radius 2 is 2.19 bits per heavy atom. The average Bonchev–Trinajstić information content (AvgIpc) is 3.20. The molecule has 1 aromatic rings. The third-order valence-electron chi connectivity index (χ3n) is 4.71. The van der Waals surface area contributed by atoms with Crippen molar-refractivity contribution in [1.82, 2.24) is 9.80 Å². The number of carbonyl (C=O) groups excluding carboxylic acids is 2. The molecule has 2 fully saturated rings. The van der Waals surface area contributed by atoms with Gasteiger partial charge < -0.3 is 19.5 Å². The highest BCUT2D eigenvalue weighted by Gasteiger charge is 2.47. The summed E-state index contributed by atoms with van der Waals surface area (Å²) in [7, 11) is 1.55. The van der Waals surface area contributed by atoms with Crippen LogP contribution in [-0.2, 0) is 11.2 Å². The van der Waals surface area contributed by atoms with Gasteiger partial charge in [0.2, 0.25) is 0 Å². The van der Waals surface area contributed by atoms with Crippen molar-refractivity contribution in [3.05, 3.63) is 36.4 Å². The number of nitrogens with zero attached hydrogens (tertiary/aromatic N) is 2. The molecule has 0 radical (unpaired) electrons. The Kier molecular flexibility index (Phi) is 5.46. The molecule has 2 heterocycles. The topological polar surface area (TPSA) is 79.3 Å². The van der Waals surface area contributed by atoms with Crippen LogP contribution in [0.3, 0.4) is 0 Å². The number of β-amino-alcohol motifs (C(OH)–C–C–N with tert-alkyl or cyclic N) is 1. The predicted octanol–water partition coefficient (Wildman–Crippen LogP) is 1.59. The quantitative estimate of drug-likeness (QED) is 0.563.